The number of morpholine rings is 1. The zero-order chi connectivity index (χ0) is 20.1. The molecule has 4 rings (SSSR count). The van der Waals surface area contributed by atoms with Crippen LogP contribution in [0.2, 0.25) is 0 Å². The van der Waals surface area contributed by atoms with Crippen molar-refractivity contribution in [3.8, 4) is 0 Å². The molecule has 1 aliphatic rings. The van der Waals surface area contributed by atoms with Crippen LogP contribution in [-0.2, 0) is 24.3 Å². The number of aromatic nitrogens is 2. The van der Waals surface area contributed by atoms with Gasteiger partial charge in [0.2, 0.25) is 0 Å². The Labute approximate surface area is 162 Å². The summed E-state index contributed by atoms with van der Waals surface area (Å²) in [4.78, 5) is 6.29. The third-order valence-corrected chi connectivity index (χ3v) is 4.65. The fourth-order valence-corrected chi connectivity index (χ4v) is 3.11. The lowest BCUT2D eigenvalue weighted by molar-refractivity contribution is 0.0136. The summed E-state index contributed by atoms with van der Waals surface area (Å²) >= 11 is 0. The second-order valence-electron chi connectivity index (χ2n) is 6.94. The number of fused-ring (bicyclic) bond motifs is 1. The van der Waals surface area contributed by atoms with E-state index in [2.05, 4.69) is 16.0 Å². The first kappa shape index (κ1) is 20.4. The fourth-order valence-electron chi connectivity index (χ4n) is 3.11. The first-order valence-electron chi connectivity index (χ1n) is 9.17. The molecule has 1 fully saturated rings. The summed E-state index contributed by atoms with van der Waals surface area (Å²) in [5.74, 6) is -3.98. The van der Waals surface area contributed by atoms with Crippen molar-refractivity contribution in [3.63, 3.8) is 0 Å². The summed E-state index contributed by atoms with van der Waals surface area (Å²) in [6.45, 7) is 4.16. The van der Waals surface area contributed by atoms with Crippen LogP contribution in [0.4, 0.5) is 13.2 Å². The van der Waals surface area contributed by atoms with Gasteiger partial charge < -0.3 is 9.30 Å². The number of ether oxygens (including phenoxy) is 1. The van der Waals surface area contributed by atoms with Gasteiger partial charge in [-0.2, -0.15) is 0 Å². The van der Waals surface area contributed by atoms with Crippen molar-refractivity contribution in [1.82, 2.24) is 14.5 Å². The predicted octanol–water partition coefficient (Wildman–Crippen LogP) is 4.34. The summed E-state index contributed by atoms with van der Waals surface area (Å²) in [6.07, 6.45) is 1.82. The first-order valence-corrected chi connectivity index (χ1v) is 9.17. The molecule has 0 spiro atoms. The highest BCUT2D eigenvalue weighted by Crippen LogP contribution is 2.29. The van der Waals surface area contributed by atoms with Gasteiger partial charge in [0.1, 0.15) is 5.82 Å². The van der Waals surface area contributed by atoms with Crippen molar-refractivity contribution in [2.45, 2.75) is 19.4 Å². The second kappa shape index (κ2) is 8.75. The maximum Gasteiger partial charge on any atom is 0.273 e. The number of nitrogens with zero attached hydrogens (tertiary/aromatic N) is 3. The van der Waals surface area contributed by atoms with Crippen LogP contribution in [0, 0.1) is 5.82 Å². The highest BCUT2D eigenvalue weighted by Gasteiger charge is 2.28. The van der Waals surface area contributed by atoms with Gasteiger partial charge >= 0.3 is 0 Å². The lowest BCUT2D eigenvalue weighted by atomic mass is 10.1. The minimum Gasteiger partial charge on any atom is -0.379 e. The highest BCUT2D eigenvalue weighted by molar-refractivity contribution is 5.74. The molecule has 3 aromatic rings. The molecule has 0 N–H and O–H groups in total. The van der Waals surface area contributed by atoms with Gasteiger partial charge in [-0.1, -0.05) is 18.2 Å². The summed E-state index contributed by atoms with van der Waals surface area (Å²) < 4.78 is 46.9. The van der Waals surface area contributed by atoms with Gasteiger partial charge in [0.05, 0.1) is 36.1 Å². The van der Waals surface area contributed by atoms with Crippen molar-refractivity contribution < 1.29 is 17.9 Å². The van der Waals surface area contributed by atoms with Gasteiger partial charge in [0, 0.05) is 33.6 Å². The number of para-hydroxylation sites is 2. The van der Waals surface area contributed by atoms with Gasteiger partial charge in [-0.05, 0) is 29.8 Å². The molecule has 0 amide bonds. The van der Waals surface area contributed by atoms with E-state index in [1.165, 1.54) is 17.6 Å². The van der Waals surface area contributed by atoms with Crippen LogP contribution < -0.4 is 0 Å². The zero-order valence-electron chi connectivity index (χ0n) is 16.0. The predicted molar refractivity (Wildman–Crippen MR) is 103 cm³/mol. The number of halogens is 3. The van der Waals surface area contributed by atoms with E-state index in [1.807, 2.05) is 36.1 Å². The number of hydrogen-bond acceptors (Lipinski definition) is 3. The molecular weight excluding hydrogens is 367 g/mol. The van der Waals surface area contributed by atoms with Crippen LogP contribution in [0.3, 0.4) is 0 Å². The third kappa shape index (κ3) is 5.11. The molecule has 0 atom stereocenters. The van der Waals surface area contributed by atoms with E-state index in [4.69, 9.17) is 4.74 Å². The third-order valence-electron chi connectivity index (χ3n) is 4.65. The van der Waals surface area contributed by atoms with Crippen LogP contribution in [0.5, 0.6) is 0 Å². The SMILES string of the molecule is CC(F)(F)c1ccc(CN2CCOCC2)cc1F.Cn1cnc2ccccc21. The average Bonchev–Trinajstić information content (AvgIpc) is 3.04. The summed E-state index contributed by atoms with van der Waals surface area (Å²) in [7, 11) is 2.00. The standard InChI is InChI=1S/C13H16F3NO.C8H8N2/c1-13(15,16)11-3-2-10(8-12(11)14)9-17-4-6-18-7-5-17;1-10-6-9-7-4-2-3-5-8(7)10/h2-3,8H,4-7,9H2,1H3;2-6H,1H3. The Morgan fingerprint density at radius 1 is 1.11 bits per heavy atom. The van der Waals surface area contributed by atoms with Crippen LogP contribution in [0.15, 0.2) is 48.8 Å². The number of hydrogen-bond donors (Lipinski definition) is 0. The number of alkyl halides is 2. The summed E-state index contributed by atoms with van der Waals surface area (Å²) in [5, 5.41) is 0. The van der Waals surface area contributed by atoms with Crippen LogP contribution in [0.25, 0.3) is 11.0 Å². The summed E-state index contributed by atoms with van der Waals surface area (Å²) in [5.41, 5.74) is 2.41. The number of benzene rings is 2. The van der Waals surface area contributed by atoms with Crippen molar-refractivity contribution in [2.24, 2.45) is 7.05 Å². The molecule has 0 bridgehead atoms. The largest absolute Gasteiger partial charge is 0.379 e. The molecule has 1 aromatic heterocycles. The smallest absolute Gasteiger partial charge is 0.273 e. The van der Waals surface area contributed by atoms with Gasteiger partial charge in [-0.15, -0.1) is 0 Å². The maximum absolute atomic E-state index is 13.6. The Morgan fingerprint density at radius 2 is 1.82 bits per heavy atom. The van der Waals surface area contributed by atoms with Crippen molar-refractivity contribution in [1.29, 1.82) is 0 Å². The first-order chi connectivity index (χ1) is 13.3. The number of imidazole rings is 1. The van der Waals surface area contributed by atoms with Crippen LogP contribution in [0.1, 0.15) is 18.1 Å². The molecule has 0 radical (unpaired) electrons. The average molecular weight is 391 g/mol. The minimum atomic E-state index is -3.14. The molecule has 1 saturated heterocycles. The molecule has 28 heavy (non-hydrogen) atoms. The van der Waals surface area contributed by atoms with Gasteiger partial charge in [0.15, 0.2) is 0 Å². The monoisotopic (exact) mass is 391 g/mol. The molecule has 2 heterocycles. The molecule has 0 unspecified atom stereocenters. The van der Waals surface area contributed by atoms with Crippen molar-refractivity contribution in [3.05, 3.63) is 65.7 Å². The minimum absolute atomic E-state index is 0.548. The number of rotatable bonds is 3. The summed E-state index contributed by atoms with van der Waals surface area (Å²) in [6, 6.07) is 12.0. The number of aryl methyl sites for hydroxylation is 1. The quantitative estimate of drug-likeness (QED) is 0.665. The molecule has 7 heteroatoms. The normalized spacial score (nSPS) is 15.3. The Bertz CT molecular complexity index is 915. The topological polar surface area (TPSA) is 30.3 Å². The van der Waals surface area contributed by atoms with Gasteiger partial charge in [-0.25, -0.2) is 18.2 Å². The van der Waals surface area contributed by atoms with E-state index in [-0.39, 0.29) is 0 Å². The molecule has 0 aliphatic carbocycles. The Balaban J connectivity index is 0.000000188. The Kier molecular flexibility index (Phi) is 6.36. The molecule has 4 nitrogen and oxygen atoms in total. The van der Waals surface area contributed by atoms with Crippen LogP contribution in [-0.4, -0.2) is 40.8 Å². The Morgan fingerprint density at radius 3 is 2.46 bits per heavy atom. The lowest BCUT2D eigenvalue weighted by Gasteiger charge is -2.26. The lowest BCUT2D eigenvalue weighted by Crippen LogP contribution is -2.35. The van der Waals surface area contributed by atoms with E-state index in [0.29, 0.717) is 32.2 Å². The zero-order valence-corrected chi connectivity index (χ0v) is 16.0. The molecule has 150 valence electrons. The molecule has 1 aliphatic heterocycles. The van der Waals surface area contributed by atoms with Crippen LogP contribution >= 0.6 is 0 Å². The molecular formula is C21H24F3N3O. The van der Waals surface area contributed by atoms with E-state index in [0.717, 1.165) is 18.6 Å². The van der Waals surface area contributed by atoms with E-state index >= 15 is 0 Å². The maximum atomic E-state index is 13.6. The van der Waals surface area contributed by atoms with E-state index in [9.17, 15) is 13.2 Å². The fraction of sp³-hybridized carbons (Fsp3) is 0.381. The van der Waals surface area contributed by atoms with Crippen molar-refractivity contribution in [2.75, 3.05) is 26.3 Å². The second-order valence-corrected chi connectivity index (χ2v) is 6.94. The van der Waals surface area contributed by atoms with Gasteiger partial charge in [0.25, 0.3) is 5.92 Å². The van der Waals surface area contributed by atoms with Gasteiger partial charge in [-0.3, -0.25) is 4.90 Å². The van der Waals surface area contributed by atoms with Crippen molar-refractivity contribution >= 4 is 11.0 Å². The molecule has 2 aromatic carbocycles. The molecule has 0 saturated carbocycles. The van der Waals surface area contributed by atoms with E-state index in [1.54, 1.807) is 6.07 Å². The Hall–Kier alpha value is -2.38. The van der Waals surface area contributed by atoms with E-state index < -0.39 is 17.3 Å². The highest BCUT2D eigenvalue weighted by atomic mass is 19.3.